The second-order valence-corrected chi connectivity index (χ2v) is 4.65. The van der Waals surface area contributed by atoms with Crippen molar-refractivity contribution in [3.63, 3.8) is 0 Å². The van der Waals surface area contributed by atoms with E-state index in [0.29, 0.717) is 0 Å². The highest BCUT2D eigenvalue weighted by molar-refractivity contribution is 7.10. The van der Waals surface area contributed by atoms with Gasteiger partial charge in [0.2, 0.25) is 0 Å². The van der Waals surface area contributed by atoms with Crippen molar-refractivity contribution in [2.75, 3.05) is 26.2 Å². The van der Waals surface area contributed by atoms with Crippen molar-refractivity contribution in [2.45, 2.75) is 13.5 Å². The minimum Gasteiger partial charge on any atom is -0.314 e. The lowest BCUT2D eigenvalue weighted by molar-refractivity contribution is 0.233. The maximum absolute atomic E-state index is 3.37. The largest absolute Gasteiger partial charge is 0.314 e. The minimum atomic E-state index is 1.14. The Morgan fingerprint density at radius 3 is 2.85 bits per heavy atom. The van der Waals surface area contributed by atoms with Gasteiger partial charge in [-0.3, -0.25) is 4.90 Å². The van der Waals surface area contributed by atoms with Gasteiger partial charge in [-0.15, -0.1) is 11.3 Å². The first-order chi connectivity index (χ1) is 6.36. The Bertz CT molecular complexity index is 264. The van der Waals surface area contributed by atoms with Gasteiger partial charge in [0.15, 0.2) is 0 Å². The lowest BCUT2D eigenvalue weighted by Crippen LogP contribution is -2.42. The van der Waals surface area contributed by atoms with Gasteiger partial charge >= 0.3 is 0 Å². The molecule has 1 aromatic rings. The standard InChI is InChI=1S/C10H16N2S/c1-9-10(2-7-13-9)8-12-5-3-11-4-6-12/h2,7,11H,3-6,8H2,1H3. The van der Waals surface area contributed by atoms with E-state index in [1.54, 1.807) is 0 Å². The van der Waals surface area contributed by atoms with Gasteiger partial charge in [0, 0.05) is 37.6 Å². The molecule has 0 aromatic carbocycles. The summed E-state index contributed by atoms with van der Waals surface area (Å²) in [4.78, 5) is 3.99. The number of rotatable bonds is 2. The Kier molecular flexibility index (Phi) is 2.98. The van der Waals surface area contributed by atoms with Crippen LogP contribution in [0.5, 0.6) is 0 Å². The van der Waals surface area contributed by atoms with Gasteiger partial charge in [0.1, 0.15) is 0 Å². The summed E-state index contributed by atoms with van der Waals surface area (Å²) in [7, 11) is 0. The summed E-state index contributed by atoms with van der Waals surface area (Å²) in [6.45, 7) is 8.01. The maximum atomic E-state index is 3.37. The summed E-state index contributed by atoms with van der Waals surface area (Å²) >= 11 is 1.85. The van der Waals surface area contributed by atoms with E-state index in [1.165, 1.54) is 23.5 Å². The smallest absolute Gasteiger partial charge is 0.0245 e. The van der Waals surface area contributed by atoms with Crippen LogP contribution in [0.15, 0.2) is 11.4 Å². The molecule has 0 spiro atoms. The maximum Gasteiger partial charge on any atom is 0.0245 e. The van der Waals surface area contributed by atoms with Crippen LogP contribution in [-0.2, 0) is 6.54 Å². The number of piperazine rings is 1. The lowest BCUT2D eigenvalue weighted by Gasteiger charge is -2.27. The Balaban J connectivity index is 1.93. The second-order valence-electron chi connectivity index (χ2n) is 3.53. The molecule has 0 atom stereocenters. The summed E-state index contributed by atoms with van der Waals surface area (Å²) in [5.74, 6) is 0. The molecule has 13 heavy (non-hydrogen) atoms. The quantitative estimate of drug-likeness (QED) is 0.770. The van der Waals surface area contributed by atoms with E-state index in [4.69, 9.17) is 0 Å². The van der Waals surface area contributed by atoms with Crippen molar-refractivity contribution in [1.82, 2.24) is 10.2 Å². The first-order valence-electron chi connectivity index (χ1n) is 4.82. The van der Waals surface area contributed by atoms with Gasteiger partial charge in [-0.1, -0.05) is 0 Å². The van der Waals surface area contributed by atoms with E-state index in [-0.39, 0.29) is 0 Å². The molecular formula is C10H16N2S. The summed E-state index contributed by atoms with van der Waals surface area (Å²) in [6, 6.07) is 2.25. The zero-order chi connectivity index (χ0) is 9.10. The third kappa shape index (κ3) is 2.30. The first-order valence-corrected chi connectivity index (χ1v) is 5.70. The van der Waals surface area contributed by atoms with Crippen LogP contribution in [0.25, 0.3) is 0 Å². The van der Waals surface area contributed by atoms with Crippen molar-refractivity contribution in [3.05, 3.63) is 21.9 Å². The number of nitrogens with zero attached hydrogens (tertiary/aromatic N) is 1. The van der Waals surface area contributed by atoms with Crippen molar-refractivity contribution in [1.29, 1.82) is 0 Å². The van der Waals surface area contributed by atoms with Crippen LogP contribution in [0.4, 0.5) is 0 Å². The van der Waals surface area contributed by atoms with Crippen LogP contribution < -0.4 is 5.32 Å². The van der Waals surface area contributed by atoms with Crippen LogP contribution in [0, 0.1) is 6.92 Å². The fraction of sp³-hybridized carbons (Fsp3) is 0.600. The molecule has 0 bridgehead atoms. The van der Waals surface area contributed by atoms with Gasteiger partial charge in [-0.2, -0.15) is 0 Å². The molecule has 1 aliphatic heterocycles. The van der Waals surface area contributed by atoms with Crippen LogP contribution in [-0.4, -0.2) is 31.1 Å². The number of hydrogen-bond donors (Lipinski definition) is 1. The third-order valence-corrected chi connectivity index (χ3v) is 3.46. The molecule has 2 rings (SSSR count). The fourth-order valence-corrected chi connectivity index (χ4v) is 2.41. The molecule has 2 nitrogen and oxygen atoms in total. The number of hydrogen-bond acceptors (Lipinski definition) is 3. The number of aryl methyl sites for hydroxylation is 1. The summed E-state index contributed by atoms with van der Waals surface area (Å²) in [6.07, 6.45) is 0. The normalized spacial score (nSPS) is 19.2. The molecule has 3 heteroatoms. The SMILES string of the molecule is Cc1sccc1CN1CCNCC1. The molecule has 2 heterocycles. The predicted molar refractivity (Wildman–Crippen MR) is 57.2 cm³/mol. The first kappa shape index (κ1) is 9.19. The number of nitrogens with one attached hydrogen (secondary N) is 1. The molecule has 1 aliphatic rings. The molecule has 0 amide bonds. The topological polar surface area (TPSA) is 15.3 Å². The van der Waals surface area contributed by atoms with Crippen LogP contribution in [0.1, 0.15) is 10.4 Å². The predicted octanol–water partition coefficient (Wildman–Crippen LogP) is 1.46. The van der Waals surface area contributed by atoms with E-state index in [1.807, 2.05) is 11.3 Å². The average Bonchev–Trinajstić information content (AvgIpc) is 2.54. The van der Waals surface area contributed by atoms with Crippen LogP contribution in [0.2, 0.25) is 0 Å². The monoisotopic (exact) mass is 196 g/mol. The summed E-state index contributed by atoms with van der Waals surface area (Å²) in [5.41, 5.74) is 1.51. The molecule has 0 aliphatic carbocycles. The molecule has 0 saturated carbocycles. The Morgan fingerprint density at radius 2 is 2.23 bits per heavy atom. The Hall–Kier alpha value is -0.380. The van der Waals surface area contributed by atoms with E-state index >= 15 is 0 Å². The van der Waals surface area contributed by atoms with Gasteiger partial charge in [0.25, 0.3) is 0 Å². The van der Waals surface area contributed by atoms with Crippen molar-refractivity contribution < 1.29 is 0 Å². The van der Waals surface area contributed by atoms with E-state index in [9.17, 15) is 0 Å². The molecule has 0 radical (unpaired) electrons. The van der Waals surface area contributed by atoms with E-state index < -0.39 is 0 Å². The highest BCUT2D eigenvalue weighted by atomic mass is 32.1. The Morgan fingerprint density at radius 1 is 1.46 bits per heavy atom. The molecule has 1 aromatic heterocycles. The van der Waals surface area contributed by atoms with Crippen molar-refractivity contribution >= 4 is 11.3 Å². The molecule has 0 unspecified atom stereocenters. The molecular weight excluding hydrogens is 180 g/mol. The van der Waals surface area contributed by atoms with E-state index in [0.717, 1.165) is 19.6 Å². The van der Waals surface area contributed by atoms with Gasteiger partial charge in [0.05, 0.1) is 0 Å². The van der Waals surface area contributed by atoms with Crippen molar-refractivity contribution in [2.24, 2.45) is 0 Å². The number of thiophene rings is 1. The molecule has 1 fully saturated rings. The van der Waals surface area contributed by atoms with Gasteiger partial charge < -0.3 is 5.32 Å². The van der Waals surface area contributed by atoms with Crippen LogP contribution in [0.3, 0.4) is 0 Å². The minimum absolute atomic E-state index is 1.14. The zero-order valence-corrected chi connectivity index (χ0v) is 8.86. The van der Waals surface area contributed by atoms with Gasteiger partial charge in [-0.25, -0.2) is 0 Å². The van der Waals surface area contributed by atoms with Gasteiger partial charge in [-0.05, 0) is 23.9 Å². The van der Waals surface area contributed by atoms with Crippen molar-refractivity contribution in [3.8, 4) is 0 Å². The summed E-state index contributed by atoms with van der Waals surface area (Å²) in [5, 5.41) is 5.56. The highest BCUT2D eigenvalue weighted by Crippen LogP contribution is 2.16. The molecule has 1 saturated heterocycles. The average molecular weight is 196 g/mol. The second kappa shape index (κ2) is 4.22. The zero-order valence-electron chi connectivity index (χ0n) is 8.05. The molecule has 1 N–H and O–H groups in total. The highest BCUT2D eigenvalue weighted by Gasteiger charge is 2.10. The third-order valence-electron chi connectivity index (χ3n) is 2.57. The fourth-order valence-electron chi connectivity index (χ4n) is 1.69. The van der Waals surface area contributed by atoms with Crippen LogP contribution >= 0.6 is 11.3 Å². The Labute approximate surface area is 83.6 Å². The lowest BCUT2D eigenvalue weighted by atomic mass is 10.2. The molecule has 72 valence electrons. The van der Waals surface area contributed by atoms with E-state index in [2.05, 4.69) is 28.6 Å². The summed E-state index contributed by atoms with van der Waals surface area (Å²) < 4.78 is 0.